The topological polar surface area (TPSA) is 46.3 Å². The van der Waals surface area contributed by atoms with Crippen LogP contribution < -0.4 is 5.73 Å². The molecule has 1 heterocycles. The Morgan fingerprint density at radius 1 is 1.44 bits per heavy atom. The fourth-order valence-electron chi connectivity index (χ4n) is 2.55. The van der Waals surface area contributed by atoms with Gasteiger partial charge in [0.1, 0.15) is 0 Å². The van der Waals surface area contributed by atoms with E-state index in [0.29, 0.717) is 23.2 Å². The number of carbonyl (C=O) groups is 1. The van der Waals surface area contributed by atoms with Crippen molar-refractivity contribution in [2.75, 3.05) is 12.3 Å². The van der Waals surface area contributed by atoms with Gasteiger partial charge in [-0.1, -0.05) is 6.92 Å². The lowest BCUT2D eigenvalue weighted by atomic mass is 9.93. The summed E-state index contributed by atoms with van der Waals surface area (Å²) < 4.78 is 0.833. The molecule has 1 saturated heterocycles. The van der Waals surface area contributed by atoms with Crippen LogP contribution in [0.25, 0.3) is 0 Å². The zero-order valence-corrected chi connectivity index (χ0v) is 12.4. The molecule has 0 saturated carbocycles. The van der Waals surface area contributed by atoms with E-state index in [-0.39, 0.29) is 5.91 Å². The van der Waals surface area contributed by atoms with Crippen LogP contribution in [-0.2, 0) is 0 Å². The Morgan fingerprint density at radius 3 is 2.78 bits per heavy atom. The highest BCUT2D eigenvalue weighted by atomic mass is 79.9. The first-order chi connectivity index (χ1) is 8.49. The Balaban J connectivity index is 2.18. The van der Waals surface area contributed by atoms with E-state index in [2.05, 4.69) is 29.8 Å². The standard InChI is InChI=1S/C14H19BrN2O/c1-9-5-6-17(10(2)7-9)14(18)11-3-4-12(15)13(16)8-11/h3-4,8-10H,5-7,16H2,1-2H3. The summed E-state index contributed by atoms with van der Waals surface area (Å²) in [6.45, 7) is 5.21. The molecule has 0 aliphatic carbocycles. The summed E-state index contributed by atoms with van der Waals surface area (Å²) >= 11 is 3.34. The number of amides is 1. The van der Waals surface area contributed by atoms with Crippen molar-refractivity contribution < 1.29 is 4.79 Å². The molecule has 1 aliphatic rings. The molecule has 0 aromatic heterocycles. The first-order valence-corrected chi connectivity index (χ1v) is 7.14. The summed E-state index contributed by atoms with van der Waals surface area (Å²) in [5, 5.41) is 0. The molecule has 98 valence electrons. The lowest BCUT2D eigenvalue weighted by Crippen LogP contribution is -2.44. The van der Waals surface area contributed by atoms with E-state index in [0.717, 1.165) is 23.9 Å². The number of nitrogens with two attached hydrogens (primary N) is 1. The molecular weight excluding hydrogens is 292 g/mol. The van der Waals surface area contributed by atoms with Gasteiger partial charge in [0.25, 0.3) is 5.91 Å². The van der Waals surface area contributed by atoms with E-state index < -0.39 is 0 Å². The molecule has 4 heteroatoms. The number of carbonyl (C=O) groups excluding carboxylic acids is 1. The smallest absolute Gasteiger partial charge is 0.254 e. The molecule has 0 spiro atoms. The maximum atomic E-state index is 12.4. The number of benzene rings is 1. The van der Waals surface area contributed by atoms with Crippen LogP contribution in [0.3, 0.4) is 0 Å². The number of piperidine rings is 1. The third-order valence-corrected chi connectivity index (χ3v) is 4.36. The van der Waals surface area contributed by atoms with E-state index in [9.17, 15) is 4.79 Å². The largest absolute Gasteiger partial charge is 0.398 e. The van der Waals surface area contributed by atoms with Gasteiger partial charge in [0.15, 0.2) is 0 Å². The van der Waals surface area contributed by atoms with Crippen LogP contribution in [0.2, 0.25) is 0 Å². The summed E-state index contributed by atoms with van der Waals surface area (Å²) in [6.07, 6.45) is 2.17. The van der Waals surface area contributed by atoms with Gasteiger partial charge in [-0.15, -0.1) is 0 Å². The molecule has 2 unspecified atom stereocenters. The molecule has 2 rings (SSSR count). The van der Waals surface area contributed by atoms with Gasteiger partial charge in [-0.05, 0) is 59.8 Å². The molecule has 0 bridgehead atoms. The summed E-state index contributed by atoms with van der Waals surface area (Å²) in [7, 11) is 0. The summed E-state index contributed by atoms with van der Waals surface area (Å²) in [5.41, 5.74) is 7.12. The monoisotopic (exact) mass is 310 g/mol. The predicted molar refractivity (Wildman–Crippen MR) is 77.5 cm³/mol. The average molecular weight is 311 g/mol. The molecule has 1 aliphatic heterocycles. The maximum absolute atomic E-state index is 12.4. The zero-order valence-electron chi connectivity index (χ0n) is 10.8. The second-order valence-electron chi connectivity index (χ2n) is 5.21. The van der Waals surface area contributed by atoms with Crippen molar-refractivity contribution in [1.82, 2.24) is 4.90 Å². The third kappa shape index (κ3) is 2.69. The third-order valence-electron chi connectivity index (χ3n) is 3.64. The number of nitrogens with zero attached hydrogens (tertiary/aromatic N) is 1. The number of anilines is 1. The van der Waals surface area contributed by atoms with E-state index >= 15 is 0 Å². The normalized spacial score (nSPS) is 24.1. The van der Waals surface area contributed by atoms with Gasteiger partial charge in [0, 0.05) is 28.3 Å². The summed E-state index contributed by atoms with van der Waals surface area (Å²) in [6, 6.07) is 5.72. The highest BCUT2D eigenvalue weighted by molar-refractivity contribution is 9.10. The van der Waals surface area contributed by atoms with Gasteiger partial charge in [0.2, 0.25) is 0 Å². The minimum Gasteiger partial charge on any atom is -0.398 e. The Hall–Kier alpha value is -1.03. The van der Waals surface area contributed by atoms with Gasteiger partial charge >= 0.3 is 0 Å². The highest BCUT2D eigenvalue weighted by Crippen LogP contribution is 2.26. The molecule has 2 atom stereocenters. The highest BCUT2D eigenvalue weighted by Gasteiger charge is 2.27. The van der Waals surface area contributed by atoms with Crippen LogP contribution >= 0.6 is 15.9 Å². The number of halogens is 1. The summed E-state index contributed by atoms with van der Waals surface area (Å²) in [5.74, 6) is 0.799. The van der Waals surface area contributed by atoms with Crippen molar-refractivity contribution >= 4 is 27.5 Å². The Labute approximate surface area is 116 Å². The molecular formula is C14H19BrN2O. The molecule has 18 heavy (non-hydrogen) atoms. The Morgan fingerprint density at radius 2 is 2.17 bits per heavy atom. The van der Waals surface area contributed by atoms with Crippen LogP contribution in [0.1, 0.15) is 37.0 Å². The summed E-state index contributed by atoms with van der Waals surface area (Å²) in [4.78, 5) is 14.4. The number of nitrogen functional groups attached to an aromatic ring is 1. The van der Waals surface area contributed by atoms with Crippen molar-refractivity contribution in [2.24, 2.45) is 5.92 Å². The second-order valence-corrected chi connectivity index (χ2v) is 6.07. The first kappa shape index (κ1) is 13.4. The molecule has 1 amide bonds. The van der Waals surface area contributed by atoms with E-state index in [1.807, 2.05) is 17.0 Å². The number of hydrogen-bond acceptors (Lipinski definition) is 2. The van der Waals surface area contributed by atoms with Crippen molar-refractivity contribution in [3.63, 3.8) is 0 Å². The number of hydrogen-bond donors (Lipinski definition) is 1. The number of likely N-dealkylation sites (tertiary alicyclic amines) is 1. The van der Waals surface area contributed by atoms with Crippen molar-refractivity contribution in [2.45, 2.75) is 32.7 Å². The molecule has 2 N–H and O–H groups in total. The Kier molecular flexibility index (Phi) is 3.95. The lowest BCUT2D eigenvalue weighted by Gasteiger charge is -2.36. The number of rotatable bonds is 1. The zero-order chi connectivity index (χ0) is 13.3. The van der Waals surface area contributed by atoms with Crippen LogP contribution in [0.4, 0.5) is 5.69 Å². The Bertz CT molecular complexity index is 461. The van der Waals surface area contributed by atoms with Crippen LogP contribution in [0.15, 0.2) is 22.7 Å². The van der Waals surface area contributed by atoms with Gasteiger partial charge in [-0.3, -0.25) is 4.79 Å². The van der Waals surface area contributed by atoms with E-state index in [4.69, 9.17) is 5.73 Å². The minimum atomic E-state index is 0.0913. The maximum Gasteiger partial charge on any atom is 0.254 e. The van der Waals surface area contributed by atoms with Crippen LogP contribution in [-0.4, -0.2) is 23.4 Å². The van der Waals surface area contributed by atoms with Crippen LogP contribution in [0, 0.1) is 5.92 Å². The minimum absolute atomic E-state index is 0.0913. The lowest BCUT2D eigenvalue weighted by molar-refractivity contribution is 0.0588. The predicted octanol–water partition coefficient (Wildman–Crippen LogP) is 3.29. The first-order valence-electron chi connectivity index (χ1n) is 6.35. The van der Waals surface area contributed by atoms with Gasteiger partial charge in [-0.2, -0.15) is 0 Å². The van der Waals surface area contributed by atoms with E-state index in [1.165, 1.54) is 0 Å². The molecule has 3 nitrogen and oxygen atoms in total. The van der Waals surface area contributed by atoms with Gasteiger partial charge in [-0.25, -0.2) is 0 Å². The van der Waals surface area contributed by atoms with Gasteiger partial charge < -0.3 is 10.6 Å². The molecule has 1 aromatic carbocycles. The van der Waals surface area contributed by atoms with Crippen molar-refractivity contribution in [3.8, 4) is 0 Å². The fraction of sp³-hybridized carbons (Fsp3) is 0.500. The average Bonchev–Trinajstić information content (AvgIpc) is 2.32. The van der Waals surface area contributed by atoms with Crippen LogP contribution in [0.5, 0.6) is 0 Å². The van der Waals surface area contributed by atoms with Crippen molar-refractivity contribution in [1.29, 1.82) is 0 Å². The molecule has 1 aromatic rings. The SMILES string of the molecule is CC1CCN(C(=O)c2ccc(Br)c(N)c2)C(C)C1. The quantitative estimate of drug-likeness (QED) is 0.809. The fourth-order valence-corrected chi connectivity index (χ4v) is 2.80. The molecule has 1 fully saturated rings. The van der Waals surface area contributed by atoms with Crippen molar-refractivity contribution in [3.05, 3.63) is 28.2 Å². The second kappa shape index (κ2) is 5.31. The van der Waals surface area contributed by atoms with Gasteiger partial charge in [0.05, 0.1) is 0 Å². The molecule has 0 radical (unpaired) electrons. The van der Waals surface area contributed by atoms with E-state index in [1.54, 1.807) is 6.07 Å².